The fourth-order valence-corrected chi connectivity index (χ4v) is 4.07. The van der Waals surface area contributed by atoms with Crippen LogP contribution in [0.2, 0.25) is 0 Å². The Bertz CT molecular complexity index is 1100. The van der Waals surface area contributed by atoms with Crippen molar-refractivity contribution in [1.82, 2.24) is 14.9 Å². The van der Waals surface area contributed by atoms with E-state index in [1.54, 1.807) is 42.5 Å². The maximum Gasteiger partial charge on any atom is 0.406 e. The number of rotatable bonds is 10. The van der Waals surface area contributed by atoms with Gasteiger partial charge in [0.15, 0.2) is 16.7 Å². The number of aromatic nitrogens is 2. The maximum absolute atomic E-state index is 13.2. The number of carbonyl (C=O) groups is 1. The number of imidazole rings is 1. The second-order valence-electron chi connectivity index (χ2n) is 7.09. The highest BCUT2D eigenvalue weighted by Crippen LogP contribution is 2.38. The van der Waals surface area contributed by atoms with Gasteiger partial charge in [-0.3, -0.25) is 4.79 Å². The van der Waals surface area contributed by atoms with Gasteiger partial charge in [0.05, 0.1) is 39.0 Å². The summed E-state index contributed by atoms with van der Waals surface area (Å²) >= 11 is 0.938. The highest BCUT2D eigenvalue weighted by atomic mass is 32.2. The Morgan fingerprint density at radius 3 is 2.26 bits per heavy atom. The molecular formula is C23H24F3N3O4S. The molecule has 0 saturated heterocycles. The van der Waals surface area contributed by atoms with Crippen LogP contribution in [-0.2, 0) is 17.9 Å². The summed E-state index contributed by atoms with van der Waals surface area (Å²) in [5.41, 5.74) is 1.65. The van der Waals surface area contributed by atoms with Crippen LogP contribution >= 0.6 is 11.8 Å². The number of methoxy groups -OCH3 is 3. The molecule has 0 radical (unpaired) electrons. The lowest BCUT2D eigenvalue weighted by molar-refractivity contribution is -0.141. The first-order valence-electron chi connectivity index (χ1n) is 10.1. The number of halogens is 3. The van der Waals surface area contributed by atoms with Gasteiger partial charge in [0, 0.05) is 6.54 Å². The number of carbonyl (C=O) groups excluding carboxylic acids is 1. The summed E-state index contributed by atoms with van der Waals surface area (Å²) in [5, 5.41) is 2.85. The third-order valence-corrected chi connectivity index (χ3v) is 5.76. The zero-order valence-electron chi connectivity index (χ0n) is 18.8. The van der Waals surface area contributed by atoms with Gasteiger partial charge in [-0.15, -0.1) is 0 Å². The second-order valence-corrected chi connectivity index (χ2v) is 8.03. The molecule has 1 amide bonds. The number of amides is 1. The molecular weight excluding hydrogens is 471 g/mol. The Morgan fingerprint density at radius 1 is 1.06 bits per heavy atom. The van der Waals surface area contributed by atoms with Crippen molar-refractivity contribution in [3.8, 4) is 28.5 Å². The lowest BCUT2D eigenvalue weighted by Crippen LogP contribution is -2.25. The molecule has 1 N–H and O–H groups in total. The first-order valence-corrected chi connectivity index (χ1v) is 11.1. The van der Waals surface area contributed by atoms with Crippen molar-refractivity contribution >= 4 is 17.7 Å². The normalized spacial score (nSPS) is 11.2. The number of nitrogens with zero attached hydrogens (tertiary/aromatic N) is 2. The minimum absolute atomic E-state index is 0.104. The van der Waals surface area contributed by atoms with E-state index in [9.17, 15) is 18.0 Å². The van der Waals surface area contributed by atoms with Crippen molar-refractivity contribution in [3.63, 3.8) is 0 Å². The number of nitrogens with one attached hydrogen (secondary N) is 1. The van der Waals surface area contributed by atoms with E-state index in [4.69, 9.17) is 14.2 Å². The van der Waals surface area contributed by atoms with Crippen molar-refractivity contribution in [2.75, 3.05) is 27.1 Å². The summed E-state index contributed by atoms with van der Waals surface area (Å²) in [6, 6.07) is 12.1. The van der Waals surface area contributed by atoms with Crippen LogP contribution in [0.5, 0.6) is 17.2 Å². The molecule has 0 aliphatic heterocycles. The number of ether oxygens (including phenoxy) is 3. The largest absolute Gasteiger partial charge is 0.493 e. The van der Waals surface area contributed by atoms with E-state index in [0.29, 0.717) is 34.1 Å². The average molecular weight is 496 g/mol. The highest BCUT2D eigenvalue weighted by Gasteiger charge is 2.31. The first-order chi connectivity index (χ1) is 16.3. The van der Waals surface area contributed by atoms with Gasteiger partial charge < -0.3 is 24.1 Å². The van der Waals surface area contributed by atoms with Crippen LogP contribution in [0.15, 0.2) is 53.8 Å². The molecule has 0 aliphatic rings. The van der Waals surface area contributed by atoms with Gasteiger partial charge >= 0.3 is 6.18 Å². The summed E-state index contributed by atoms with van der Waals surface area (Å²) in [6.45, 7) is -1.03. The van der Waals surface area contributed by atoms with Gasteiger partial charge in [0.25, 0.3) is 0 Å². The minimum atomic E-state index is -4.44. The molecule has 11 heteroatoms. The van der Waals surface area contributed by atoms with E-state index in [-0.39, 0.29) is 23.4 Å². The zero-order chi connectivity index (χ0) is 24.7. The number of alkyl halides is 3. The molecule has 34 heavy (non-hydrogen) atoms. The van der Waals surface area contributed by atoms with Crippen molar-refractivity contribution in [1.29, 1.82) is 0 Å². The van der Waals surface area contributed by atoms with Crippen LogP contribution < -0.4 is 19.5 Å². The Morgan fingerprint density at radius 2 is 1.71 bits per heavy atom. The monoisotopic (exact) mass is 495 g/mol. The van der Waals surface area contributed by atoms with Crippen LogP contribution in [0.4, 0.5) is 13.2 Å². The maximum atomic E-state index is 13.2. The quantitative estimate of drug-likeness (QED) is 0.416. The van der Waals surface area contributed by atoms with Crippen LogP contribution in [0.1, 0.15) is 5.56 Å². The van der Waals surface area contributed by atoms with E-state index >= 15 is 0 Å². The van der Waals surface area contributed by atoms with Crippen molar-refractivity contribution in [2.24, 2.45) is 0 Å². The van der Waals surface area contributed by atoms with E-state index in [1.807, 2.05) is 0 Å². The van der Waals surface area contributed by atoms with Gasteiger partial charge in [-0.05, 0) is 23.3 Å². The van der Waals surface area contributed by atoms with Gasteiger partial charge in [-0.2, -0.15) is 13.2 Å². The Balaban J connectivity index is 1.69. The van der Waals surface area contributed by atoms with Gasteiger partial charge in [0.2, 0.25) is 11.7 Å². The van der Waals surface area contributed by atoms with Crippen LogP contribution in [0, 0.1) is 0 Å². The van der Waals surface area contributed by atoms with Crippen molar-refractivity contribution in [3.05, 3.63) is 54.2 Å². The molecule has 0 spiro atoms. The predicted molar refractivity (Wildman–Crippen MR) is 122 cm³/mol. The van der Waals surface area contributed by atoms with E-state index < -0.39 is 12.7 Å². The zero-order valence-corrected chi connectivity index (χ0v) is 19.6. The Kier molecular flexibility index (Phi) is 8.32. The average Bonchev–Trinajstić information content (AvgIpc) is 3.21. The summed E-state index contributed by atoms with van der Waals surface area (Å²) < 4.78 is 56.6. The van der Waals surface area contributed by atoms with Crippen LogP contribution in [0.3, 0.4) is 0 Å². The molecule has 0 fully saturated rings. The third kappa shape index (κ3) is 6.37. The molecule has 0 atom stereocenters. The van der Waals surface area contributed by atoms with Crippen LogP contribution in [0.25, 0.3) is 11.3 Å². The highest BCUT2D eigenvalue weighted by molar-refractivity contribution is 7.99. The van der Waals surface area contributed by atoms with Crippen LogP contribution in [-0.4, -0.2) is 48.7 Å². The third-order valence-electron chi connectivity index (χ3n) is 4.77. The first kappa shape index (κ1) is 25.3. The number of hydrogen-bond acceptors (Lipinski definition) is 6. The fourth-order valence-electron chi connectivity index (χ4n) is 3.26. The molecule has 0 bridgehead atoms. The number of hydrogen-bond donors (Lipinski definition) is 1. The molecule has 3 rings (SSSR count). The molecule has 2 aromatic carbocycles. The number of thioether (sulfide) groups is 1. The summed E-state index contributed by atoms with van der Waals surface area (Å²) in [4.78, 5) is 16.5. The van der Waals surface area contributed by atoms with Gasteiger partial charge in [-0.1, -0.05) is 42.1 Å². The molecule has 0 unspecified atom stereocenters. The lowest BCUT2D eigenvalue weighted by atomic mass is 10.2. The summed E-state index contributed by atoms with van der Waals surface area (Å²) in [7, 11) is 4.47. The molecule has 3 aromatic rings. The fraction of sp³-hybridized carbons (Fsp3) is 0.304. The van der Waals surface area contributed by atoms with Crippen molar-refractivity contribution in [2.45, 2.75) is 24.4 Å². The minimum Gasteiger partial charge on any atom is -0.493 e. The van der Waals surface area contributed by atoms with Gasteiger partial charge in [0.1, 0.15) is 6.54 Å². The SMILES string of the molecule is COc1cc(CNC(=O)CSc2ncc(-c3ccccc3)n2CC(F)(F)F)cc(OC)c1OC. The summed E-state index contributed by atoms with van der Waals surface area (Å²) in [6.07, 6.45) is -3.05. The number of benzene rings is 2. The molecule has 1 heterocycles. The predicted octanol–water partition coefficient (Wildman–Crippen LogP) is 4.55. The van der Waals surface area contributed by atoms with E-state index in [2.05, 4.69) is 10.3 Å². The Hall–Kier alpha value is -3.34. The molecule has 0 saturated carbocycles. The standard InChI is InChI=1S/C23H24F3N3O4S/c1-31-18-9-15(10-19(32-2)21(18)33-3)11-27-20(30)13-34-22-28-12-17(16-7-5-4-6-8-16)29(22)14-23(24,25)26/h4-10,12H,11,13-14H2,1-3H3,(H,27,30). The second kappa shape index (κ2) is 11.2. The molecule has 182 valence electrons. The van der Waals surface area contributed by atoms with Gasteiger partial charge in [-0.25, -0.2) is 4.98 Å². The smallest absolute Gasteiger partial charge is 0.406 e. The molecule has 0 aliphatic carbocycles. The topological polar surface area (TPSA) is 74.6 Å². The van der Waals surface area contributed by atoms with Crippen molar-refractivity contribution < 1.29 is 32.2 Å². The van der Waals surface area contributed by atoms with E-state index in [1.165, 1.54) is 27.5 Å². The summed E-state index contributed by atoms with van der Waals surface area (Å²) in [5.74, 6) is 0.863. The Labute approximate surface area is 199 Å². The van der Waals surface area contributed by atoms with E-state index in [0.717, 1.165) is 16.3 Å². The molecule has 1 aromatic heterocycles. The lowest BCUT2D eigenvalue weighted by Gasteiger charge is -2.15. The molecule has 7 nitrogen and oxygen atoms in total.